The maximum atomic E-state index is 13.3. The molecule has 0 aliphatic carbocycles. The third-order valence-electron chi connectivity index (χ3n) is 3.57. The Morgan fingerprint density at radius 1 is 1.04 bits per heavy atom. The summed E-state index contributed by atoms with van der Waals surface area (Å²) in [5.41, 5.74) is 2.05. The molecule has 0 saturated carbocycles. The maximum Gasteiger partial charge on any atom is 0.252 e. The SMILES string of the molecule is CC(=O)Nc1ccc(C)cc1NC(=O)CCNC(=O)c1cc(F)ccc1Br. The Balaban J connectivity index is 1.93. The largest absolute Gasteiger partial charge is 0.351 e. The highest BCUT2D eigenvalue weighted by Crippen LogP contribution is 2.23. The van der Waals surface area contributed by atoms with Crippen molar-refractivity contribution in [1.29, 1.82) is 0 Å². The summed E-state index contributed by atoms with van der Waals surface area (Å²) in [6, 6.07) is 9.06. The molecule has 0 aliphatic heterocycles. The predicted molar refractivity (Wildman–Crippen MR) is 105 cm³/mol. The van der Waals surface area contributed by atoms with Gasteiger partial charge in [0.25, 0.3) is 5.91 Å². The Morgan fingerprint density at radius 2 is 1.78 bits per heavy atom. The van der Waals surface area contributed by atoms with Gasteiger partial charge in [-0.2, -0.15) is 0 Å². The molecule has 0 radical (unpaired) electrons. The Morgan fingerprint density at radius 3 is 2.48 bits per heavy atom. The second-order valence-electron chi connectivity index (χ2n) is 5.91. The summed E-state index contributed by atoms with van der Waals surface area (Å²) >= 11 is 3.19. The molecule has 6 nitrogen and oxygen atoms in total. The average molecular weight is 436 g/mol. The highest BCUT2D eigenvalue weighted by atomic mass is 79.9. The summed E-state index contributed by atoms with van der Waals surface area (Å²) < 4.78 is 13.7. The Hall–Kier alpha value is -2.74. The van der Waals surface area contributed by atoms with E-state index in [-0.39, 0.29) is 30.3 Å². The third kappa shape index (κ3) is 6.18. The predicted octanol–water partition coefficient (Wildman–Crippen LogP) is 3.61. The van der Waals surface area contributed by atoms with Gasteiger partial charge in [-0.25, -0.2) is 4.39 Å². The van der Waals surface area contributed by atoms with Crippen molar-refractivity contribution in [3.63, 3.8) is 0 Å². The normalized spacial score (nSPS) is 10.2. The smallest absolute Gasteiger partial charge is 0.252 e. The van der Waals surface area contributed by atoms with Crippen LogP contribution in [-0.4, -0.2) is 24.3 Å². The topological polar surface area (TPSA) is 87.3 Å². The van der Waals surface area contributed by atoms with Crippen molar-refractivity contribution in [1.82, 2.24) is 5.32 Å². The third-order valence-corrected chi connectivity index (χ3v) is 4.26. The first-order valence-corrected chi connectivity index (χ1v) is 8.97. The number of aryl methyl sites for hydroxylation is 1. The molecular weight excluding hydrogens is 417 g/mol. The second-order valence-corrected chi connectivity index (χ2v) is 6.76. The van der Waals surface area contributed by atoms with Crippen LogP contribution in [0.25, 0.3) is 0 Å². The van der Waals surface area contributed by atoms with Crippen molar-refractivity contribution in [2.24, 2.45) is 0 Å². The van der Waals surface area contributed by atoms with Crippen molar-refractivity contribution in [3.05, 3.63) is 57.8 Å². The molecular formula is C19H19BrFN3O3. The lowest BCUT2D eigenvalue weighted by Gasteiger charge is -2.13. The minimum atomic E-state index is -0.522. The molecule has 0 aliphatic rings. The summed E-state index contributed by atoms with van der Waals surface area (Å²) in [4.78, 5) is 35.5. The molecule has 0 aromatic heterocycles. The van der Waals surface area contributed by atoms with Gasteiger partial charge in [0.15, 0.2) is 0 Å². The standard InChI is InChI=1S/C19H19BrFN3O3/c1-11-3-6-16(23-12(2)25)17(9-11)24-18(26)7-8-22-19(27)14-10-13(21)4-5-15(14)20/h3-6,9-10H,7-8H2,1-2H3,(H,22,27)(H,23,25)(H,24,26). The molecule has 142 valence electrons. The van der Waals surface area contributed by atoms with Crippen LogP contribution in [-0.2, 0) is 9.59 Å². The fraction of sp³-hybridized carbons (Fsp3) is 0.211. The van der Waals surface area contributed by atoms with Crippen LogP contribution in [0.3, 0.4) is 0 Å². The van der Waals surface area contributed by atoms with Crippen molar-refractivity contribution < 1.29 is 18.8 Å². The van der Waals surface area contributed by atoms with Crippen LogP contribution in [0.5, 0.6) is 0 Å². The van der Waals surface area contributed by atoms with E-state index in [2.05, 4.69) is 31.9 Å². The van der Waals surface area contributed by atoms with Crippen LogP contribution >= 0.6 is 15.9 Å². The fourth-order valence-electron chi connectivity index (χ4n) is 2.33. The lowest BCUT2D eigenvalue weighted by Crippen LogP contribution is -2.28. The summed E-state index contributed by atoms with van der Waals surface area (Å²) in [6.07, 6.45) is 0.0200. The van der Waals surface area contributed by atoms with Crippen LogP contribution in [0.1, 0.15) is 29.3 Å². The zero-order valence-corrected chi connectivity index (χ0v) is 16.4. The van der Waals surface area contributed by atoms with E-state index in [0.717, 1.165) is 11.6 Å². The van der Waals surface area contributed by atoms with Gasteiger partial charge in [0.1, 0.15) is 5.82 Å². The van der Waals surface area contributed by atoms with Gasteiger partial charge in [0.2, 0.25) is 11.8 Å². The number of benzene rings is 2. The molecule has 0 unspecified atom stereocenters. The van der Waals surface area contributed by atoms with E-state index in [4.69, 9.17) is 0 Å². The molecule has 2 rings (SSSR count). The summed E-state index contributed by atoms with van der Waals surface area (Å²) in [6.45, 7) is 3.32. The van der Waals surface area contributed by atoms with Crippen LogP contribution in [0.2, 0.25) is 0 Å². The van der Waals surface area contributed by atoms with Gasteiger partial charge in [0, 0.05) is 24.4 Å². The molecule has 8 heteroatoms. The minimum Gasteiger partial charge on any atom is -0.351 e. The highest BCUT2D eigenvalue weighted by Gasteiger charge is 2.12. The molecule has 0 fully saturated rings. The van der Waals surface area contributed by atoms with E-state index < -0.39 is 11.7 Å². The van der Waals surface area contributed by atoms with Gasteiger partial charge in [-0.05, 0) is 58.7 Å². The highest BCUT2D eigenvalue weighted by molar-refractivity contribution is 9.10. The Labute approximate surface area is 164 Å². The van der Waals surface area contributed by atoms with E-state index in [1.807, 2.05) is 13.0 Å². The van der Waals surface area contributed by atoms with Crippen molar-refractivity contribution in [3.8, 4) is 0 Å². The second kappa shape index (κ2) is 9.27. The quantitative estimate of drug-likeness (QED) is 0.647. The van der Waals surface area contributed by atoms with Crippen LogP contribution < -0.4 is 16.0 Å². The number of carbonyl (C=O) groups is 3. The van der Waals surface area contributed by atoms with E-state index in [9.17, 15) is 18.8 Å². The van der Waals surface area contributed by atoms with Gasteiger partial charge in [0.05, 0.1) is 16.9 Å². The number of hydrogen-bond acceptors (Lipinski definition) is 3. The number of rotatable bonds is 6. The molecule has 0 heterocycles. The van der Waals surface area contributed by atoms with Crippen LogP contribution in [0.4, 0.5) is 15.8 Å². The van der Waals surface area contributed by atoms with Crippen molar-refractivity contribution >= 4 is 45.0 Å². The lowest BCUT2D eigenvalue weighted by molar-refractivity contribution is -0.116. The Bertz CT molecular complexity index is 886. The Kier molecular flexibility index (Phi) is 7.06. The zero-order chi connectivity index (χ0) is 20.0. The van der Waals surface area contributed by atoms with E-state index >= 15 is 0 Å². The first-order chi connectivity index (χ1) is 12.8. The summed E-state index contributed by atoms with van der Waals surface area (Å²) in [5.74, 6) is -1.58. The molecule has 0 saturated heterocycles. The minimum absolute atomic E-state index is 0.0200. The molecule has 0 bridgehead atoms. The van der Waals surface area contributed by atoms with Gasteiger partial charge in [-0.1, -0.05) is 6.07 Å². The van der Waals surface area contributed by atoms with E-state index in [1.54, 1.807) is 12.1 Å². The number of hydrogen-bond donors (Lipinski definition) is 3. The molecule has 27 heavy (non-hydrogen) atoms. The number of halogens is 2. The van der Waals surface area contributed by atoms with E-state index in [1.165, 1.54) is 19.1 Å². The fourth-order valence-corrected chi connectivity index (χ4v) is 2.76. The number of carbonyl (C=O) groups excluding carboxylic acids is 3. The van der Waals surface area contributed by atoms with Gasteiger partial charge in [-0.3, -0.25) is 14.4 Å². The zero-order valence-electron chi connectivity index (χ0n) is 14.9. The van der Waals surface area contributed by atoms with Crippen molar-refractivity contribution in [2.45, 2.75) is 20.3 Å². The van der Waals surface area contributed by atoms with Gasteiger partial charge in [-0.15, -0.1) is 0 Å². The van der Waals surface area contributed by atoms with Crippen LogP contribution in [0, 0.1) is 12.7 Å². The first kappa shape index (κ1) is 20.6. The number of nitrogens with one attached hydrogen (secondary N) is 3. The van der Waals surface area contributed by atoms with Crippen molar-refractivity contribution in [2.75, 3.05) is 17.2 Å². The molecule has 0 atom stereocenters. The first-order valence-electron chi connectivity index (χ1n) is 8.17. The van der Waals surface area contributed by atoms with E-state index in [0.29, 0.717) is 15.8 Å². The molecule has 2 aromatic carbocycles. The molecule has 0 spiro atoms. The van der Waals surface area contributed by atoms with Crippen LogP contribution in [0.15, 0.2) is 40.9 Å². The van der Waals surface area contributed by atoms with Gasteiger partial charge >= 0.3 is 0 Å². The molecule has 3 N–H and O–H groups in total. The molecule has 3 amide bonds. The number of amides is 3. The summed E-state index contributed by atoms with van der Waals surface area (Å²) in [7, 11) is 0. The number of anilines is 2. The monoisotopic (exact) mass is 435 g/mol. The maximum absolute atomic E-state index is 13.3. The van der Waals surface area contributed by atoms with Gasteiger partial charge < -0.3 is 16.0 Å². The lowest BCUT2D eigenvalue weighted by atomic mass is 10.2. The average Bonchev–Trinajstić information content (AvgIpc) is 2.59. The summed E-state index contributed by atoms with van der Waals surface area (Å²) in [5, 5.41) is 7.94. The molecule has 2 aromatic rings.